The van der Waals surface area contributed by atoms with Crippen LogP contribution in [0.4, 0.5) is 0 Å². The minimum absolute atomic E-state index is 0.339. The lowest BCUT2D eigenvalue weighted by Gasteiger charge is -2.28. The summed E-state index contributed by atoms with van der Waals surface area (Å²) in [6.07, 6.45) is 3.67. The fourth-order valence-corrected chi connectivity index (χ4v) is 1.72. The van der Waals surface area contributed by atoms with Gasteiger partial charge in [-0.25, -0.2) is 4.79 Å². The highest BCUT2D eigenvalue weighted by atomic mass is 16.6. The molecule has 0 aromatic heterocycles. The number of ether oxygens (including phenoxy) is 3. The minimum Gasteiger partial charge on any atom is -0.457 e. The van der Waals surface area contributed by atoms with Gasteiger partial charge in [-0.15, -0.1) is 0 Å². The molecule has 5 heteroatoms. The van der Waals surface area contributed by atoms with Crippen LogP contribution < -0.4 is 0 Å². The lowest BCUT2D eigenvalue weighted by atomic mass is 9.98. The minimum atomic E-state index is -0.649. The Morgan fingerprint density at radius 3 is 2.37 bits per heavy atom. The summed E-state index contributed by atoms with van der Waals surface area (Å²) in [7, 11) is 1.46. The van der Waals surface area contributed by atoms with Crippen LogP contribution in [0.5, 0.6) is 0 Å². The molecule has 0 saturated heterocycles. The molecule has 2 atom stereocenters. The Kier molecular flexibility index (Phi) is 4.89. The Labute approximate surface area is 113 Å². The quantitative estimate of drug-likeness (QED) is 0.730. The second-order valence-corrected chi connectivity index (χ2v) is 5.24. The van der Waals surface area contributed by atoms with Crippen LogP contribution in [-0.4, -0.2) is 36.9 Å². The van der Waals surface area contributed by atoms with Crippen molar-refractivity contribution in [1.82, 2.24) is 0 Å². The van der Waals surface area contributed by atoms with Gasteiger partial charge in [0.25, 0.3) is 0 Å². The Morgan fingerprint density at radius 1 is 1.26 bits per heavy atom. The Morgan fingerprint density at radius 2 is 1.89 bits per heavy atom. The summed E-state index contributed by atoms with van der Waals surface area (Å²) in [4.78, 5) is 23.1. The molecule has 1 aliphatic rings. The third-order valence-corrected chi connectivity index (χ3v) is 2.37. The number of allylic oxidation sites excluding steroid dienone is 2. The predicted octanol–water partition coefficient (Wildman–Crippen LogP) is 1.77. The van der Waals surface area contributed by atoms with Crippen molar-refractivity contribution in [3.05, 3.63) is 23.8 Å². The Hall–Kier alpha value is -1.62. The smallest absolute Gasteiger partial charge is 0.337 e. The summed E-state index contributed by atoms with van der Waals surface area (Å²) in [6, 6.07) is 0. The lowest BCUT2D eigenvalue weighted by molar-refractivity contribution is -0.156. The van der Waals surface area contributed by atoms with E-state index in [0.717, 1.165) is 0 Å². The van der Waals surface area contributed by atoms with E-state index in [4.69, 9.17) is 14.2 Å². The number of hydrogen-bond donors (Lipinski definition) is 0. The van der Waals surface area contributed by atoms with E-state index >= 15 is 0 Å². The van der Waals surface area contributed by atoms with Crippen molar-refractivity contribution in [3.8, 4) is 0 Å². The van der Waals surface area contributed by atoms with E-state index in [-0.39, 0.29) is 0 Å². The van der Waals surface area contributed by atoms with Gasteiger partial charge < -0.3 is 14.2 Å². The molecule has 0 unspecified atom stereocenters. The standard InChI is InChI=1S/C14H20O5/c1-9(15)18-11-8-6-7-10(12(11)17-5)13(16)19-14(2,3)4/h6-8,11-12H,1-5H3/t11-,12-/m1/s1. The van der Waals surface area contributed by atoms with Crippen molar-refractivity contribution < 1.29 is 23.8 Å². The van der Waals surface area contributed by atoms with E-state index in [0.29, 0.717) is 5.57 Å². The maximum absolute atomic E-state index is 12.1. The Bertz CT molecular complexity index is 414. The molecular formula is C14H20O5. The van der Waals surface area contributed by atoms with Crippen LogP contribution in [0.25, 0.3) is 0 Å². The van der Waals surface area contributed by atoms with Gasteiger partial charge in [-0.1, -0.05) is 6.08 Å². The van der Waals surface area contributed by atoms with E-state index in [1.807, 2.05) is 0 Å². The third-order valence-electron chi connectivity index (χ3n) is 2.37. The molecule has 0 heterocycles. The van der Waals surface area contributed by atoms with Gasteiger partial charge in [-0.2, -0.15) is 0 Å². The van der Waals surface area contributed by atoms with Crippen molar-refractivity contribution in [2.45, 2.75) is 45.5 Å². The third kappa shape index (κ3) is 4.52. The van der Waals surface area contributed by atoms with Crippen molar-refractivity contribution in [1.29, 1.82) is 0 Å². The molecule has 0 N–H and O–H groups in total. The van der Waals surface area contributed by atoms with Crippen LogP contribution >= 0.6 is 0 Å². The zero-order chi connectivity index (χ0) is 14.6. The lowest BCUT2D eigenvalue weighted by Crippen LogP contribution is -2.38. The van der Waals surface area contributed by atoms with Crippen molar-refractivity contribution >= 4 is 11.9 Å². The molecule has 0 bridgehead atoms. The molecule has 1 rings (SSSR count). The van der Waals surface area contributed by atoms with Gasteiger partial charge in [0.1, 0.15) is 11.7 Å². The monoisotopic (exact) mass is 268 g/mol. The molecule has 0 aromatic rings. The van der Waals surface area contributed by atoms with Gasteiger partial charge in [0.05, 0.1) is 5.57 Å². The largest absolute Gasteiger partial charge is 0.457 e. The van der Waals surface area contributed by atoms with E-state index in [2.05, 4.69) is 0 Å². The summed E-state index contributed by atoms with van der Waals surface area (Å²) in [5.74, 6) is -0.900. The summed E-state index contributed by atoms with van der Waals surface area (Å²) in [6.45, 7) is 6.67. The topological polar surface area (TPSA) is 61.8 Å². The molecular weight excluding hydrogens is 248 g/mol. The van der Waals surface area contributed by atoms with Gasteiger partial charge in [0.15, 0.2) is 6.10 Å². The van der Waals surface area contributed by atoms with Gasteiger partial charge in [-0.05, 0) is 32.9 Å². The summed E-state index contributed by atoms with van der Waals surface area (Å²) < 4.78 is 15.7. The van der Waals surface area contributed by atoms with Crippen LogP contribution in [0.1, 0.15) is 27.7 Å². The highest BCUT2D eigenvalue weighted by Gasteiger charge is 2.34. The summed E-state index contributed by atoms with van der Waals surface area (Å²) in [5, 5.41) is 0. The first kappa shape index (κ1) is 15.4. The van der Waals surface area contributed by atoms with E-state index in [1.54, 1.807) is 39.0 Å². The van der Waals surface area contributed by atoms with Gasteiger partial charge >= 0.3 is 11.9 Å². The molecule has 1 aliphatic carbocycles. The fraction of sp³-hybridized carbons (Fsp3) is 0.571. The van der Waals surface area contributed by atoms with Crippen molar-refractivity contribution in [3.63, 3.8) is 0 Å². The van der Waals surface area contributed by atoms with E-state index < -0.39 is 29.7 Å². The number of carbonyl (C=O) groups is 2. The average molecular weight is 268 g/mol. The number of methoxy groups -OCH3 is 1. The normalized spacial score (nSPS) is 22.7. The Balaban J connectivity index is 2.87. The van der Waals surface area contributed by atoms with Crippen LogP contribution in [-0.2, 0) is 23.8 Å². The molecule has 0 aromatic carbocycles. The molecule has 19 heavy (non-hydrogen) atoms. The van der Waals surface area contributed by atoms with Crippen LogP contribution in [0.2, 0.25) is 0 Å². The second-order valence-electron chi connectivity index (χ2n) is 5.24. The van der Waals surface area contributed by atoms with E-state index in [9.17, 15) is 9.59 Å². The first-order chi connectivity index (χ1) is 8.74. The molecule has 0 aliphatic heterocycles. The first-order valence-corrected chi connectivity index (χ1v) is 6.06. The highest BCUT2D eigenvalue weighted by molar-refractivity contribution is 5.91. The van der Waals surface area contributed by atoms with Crippen molar-refractivity contribution in [2.24, 2.45) is 0 Å². The number of rotatable bonds is 3. The predicted molar refractivity (Wildman–Crippen MR) is 69.4 cm³/mol. The van der Waals surface area contributed by atoms with Gasteiger partial charge in [0.2, 0.25) is 0 Å². The fourth-order valence-electron chi connectivity index (χ4n) is 1.72. The van der Waals surface area contributed by atoms with E-state index in [1.165, 1.54) is 14.0 Å². The van der Waals surface area contributed by atoms with Crippen LogP contribution in [0.15, 0.2) is 23.8 Å². The zero-order valence-corrected chi connectivity index (χ0v) is 11.9. The first-order valence-electron chi connectivity index (χ1n) is 6.06. The summed E-state index contributed by atoms with van der Waals surface area (Å²) in [5.41, 5.74) is -0.250. The molecule has 0 radical (unpaired) electrons. The molecule has 5 nitrogen and oxygen atoms in total. The van der Waals surface area contributed by atoms with Crippen LogP contribution in [0.3, 0.4) is 0 Å². The molecule has 0 spiro atoms. The maximum atomic E-state index is 12.1. The highest BCUT2D eigenvalue weighted by Crippen LogP contribution is 2.23. The second kappa shape index (κ2) is 6.02. The number of carbonyl (C=O) groups excluding carboxylic acids is 2. The molecule has 0 amide bonds. The van der Waals surface area contributed by atoms with Crippen molar-refractivity contribution in [2.75, 3.05) is 7.11 Å². The van der Waals surface area contributed by atoms with Gasteiger partial charge in [-0.3, -0.25) is 4.79 Å². The zero-order valence-electron chi connectivity index (χ0n) is 11.9. The SMILES string of the molecule is CO[C@@H]1C(C(=O)OC(C)(C)C)=CC=C[C@H]1OC(C)=O. The maximum Gasteiger partial charge on any atom is 0.337 e. The molecule has 0 fully saturated rings. The average Bonchev–Trinajstić information content (AvgIpc) is 2.25. The number of esters is 2. The van der Waals surface area contributed by atoms with Gasteiger partial charge in [0, 0.05) is 14.0 Å². The number of hydrogen-bond acceptors (Lipinski definition) is 5. The van der Waals surface area contributed by atoms with Crippen LogP contribution in [0, 0.1) is 0 Å². The molecule has 106 valence electrons. The molecule has 0 saturated carbocycles. The summed E-state index contributed by atoms with van der Waals surface area (Å²) >= 11 is 0.